The Morgan fingerprint density at radius 1 is 0.321 bits per heavy atom. The van der Waals surface area contributed by atoms with Crippen LogP contribution in [0.3, 0.4) is 0 Å². The maximum atomic E-state index is 6.84. The Morgan fingerprint density at radius 3 is 1.77 bits per heavy atom. The normalized spacial score (nSPS) is 12.2. The van der Waals surface area contributed by atoms with Gasteiger partial charge in [0.15, 0.2) is 0 Å². The second kappa shape index (κ2) is 10.7. The van der Waals surface area contributed by atoms with E-state index in [9.17, 15) is 0 Å². The van der Waals surface area contributed by atoms with Gasteiger partial charge in [0.25, 0.3) is 0 Å². The minimum atomic E-state index is 0.809. The van der Waals surface area contributed by atoms with Crippen LogP contribution in [-0.4, -0.2) is 0 Å². The molecule has 0 saturated heterocycles. The Bertz CT molecular complexity index is 3410. The number of fused-ring (bicyclic) bond motifs is 11. The van der Waals surface area contributed by atoms with Crippen molar-refractivity contribution in [3.63, 3.8) is 0 Å². The molecule has 9 aromatic carbocycles. The van der Waals surface area contributed by atoms with Crippen LogP contribution in [0.15, 0.2) is 183 Å². The zero-order valence-electron chi connectivity index (χ0n) is 28.4. The van der Waals surface area contributed by atoms with Crippen molar-refractivity contribution in [2.45, 2.75) is 0 Å². The number of para-hydroxylation sites is 2. The minimum Gasteiger partial charge on any atom is -0.463 e. The van der Waals surface area contributed by atoms with Gasteiger partial charge in [0, 0.05) is 38.2 Å². The van der Waals surface area contributed by atoms with Gasteiger partial charge in [0.1, 0.15) is 27.9 Å². The highest BCUT2D eigenvalue weighted by Crippen LogP contribution is 2.48. The summed E-state index contributed by atoms with van der Waals surface area (Å²) in [7, 11) is 0. The highest BCUT2D eigenvalue weighted by Gasteiger charge is 2.23. The maximum absolute atomic E-state index is 6.84. The first-order chi connectivity index (χ1) is 26.3. The van der Waals surface area contributed by atoms with E-state index in [1.165, 1.54) is 37.9 Å². The fourth-order valence-electron chi connectivity index (χ4n) is 8.76. The fraction of sp³-hybridized carbons (Fsp3) is 0. The SMILES string of the molecule is c1ccc2cc(-c3coc4c3ccc3oc5c(-c6c7ccccc7c(-c7ccc8c(c7)oc7ccccc78)c7ccccc67)cccc5c34)ccc2c1. The van der Waals surface area contributed by atoms with Crippen molar-refractivity contribution in [2.75, 3.05) is 0 Å². The van der Waals surface area contributed by atoms with Crippen LogP contribution in [0.5, 0.6) is 0 Å². The summed E-state index contributed by atoms with van der Waals surface area (Å²) in [6, 6.07) is 58.1. The summed E-state index contributed by atoms with van der Waals surface area (Å²) in [4.78, 5) is 0. The van der Waals surface area contributed by atoms with E-state index in [1.54, 1.807) is 0 Å². The molecule has 0 fully saturated rings. The first-order valence-electron chi connectivity index (χ1n) is 18.0. The summed E-state index contributed by atoms with van der Waals surface area (Å²) in [5, 5.41) is 12.5. The van der Waals surface area contributed by atoms with E-state index in [2.05, 4.69) is 152 Å². The van der Waals surface area contributed by atoms with Crippen molar-refractivity contribution < 1.29 is 13.3 Å². The highest BCUT2D eigenvalue weighted by atomic mass is 16.3. The predicted molar refractivity (Wildman–Crippen MR) is 220 cm³/mol. The van der Waals surface area contributed by atoms with E-state index in [0.717, 1.165) is 82.7 Å². The van der Waals surface area contributed by atoms with Gasteiger partial charge in [-0.1, -0.05) is 127 Å². The smallest absolute Gasteiger partial charge is 0.146 e. The van der Waals surface area contributed by atoms with Gasteiger partial charge in [0.05, 0.1) is 11.6 Å². The Morgan fingerprint density at radius 2 is 0.962 bits per heavy atom. The monoisotopic (exact) mass is 676 g/mol. The molecule has 246 valence electrons. The lowest BCUT2D eigenvalue weighted by molar-refractivity contribution is 0.619. The Labute approximate surface area is 302 Å². The molecular weight excluding hydrogens is 649 g/mol. The lowest BCUT2D eigenvalue weighted by atomic mass is 9.85. The molecule has 3 heteroatoms. The molecule has 3 aromatic heterocycles. The number of hydrogen-bond acceptors (Lipinski definition) is 3. The van der Waals surface area contributed by atoms with Gasteiger partial charge in [-0.25, -0.2) is 0 Å². The highest BCUT2D eigenvalue weighted by molar-refractivity contribution is 6.26. The molecule has 0 amide bonds. The van der Waals surface area contributed by atoms with Gasteiger partial charge in [-0.3, -0.25) is 0 Å². The summed E-state index contributed by atoms with van der Waals surface area (Å²) < 4.78 is 19.6. The Hall–Kier alpha value is -7.10. The zero-order chi connectivity index (χ0) is 34.6. The number of benzene rings is 9. The van der Waals surface area contributed by atoms with Gasteiger partial charge in [-0.15, -0.1) is 0 Å². The summed E-state index contributed by atoms with van der Waals surface area (Å²) in [5.74, 6) is 0. The molecule has 53 heavy (non-hydrogen) atoms. The molecule has 0 aliphatic heterocycles. The van der Waals surface area contributed by atoms with Crippen molar-refractivity contribution >= 4 is 87.2 Å². The molecule has 0 N–H and O–H groups in total. The van der Waals surface area contributed by atoms with Crippen molar-refractivity contribution in [1.29, 1.82) is 0 Å². The molecule has 0 saturated carbocycles. The fourth-order valence-corrected chi connectivity index (χ4v) is 8.76. The quantitative estimate of drug-likeness (QED) is 0.175. The lowest BCUT2D eigenvalue weighted by Crippen LogP contribution is -1.91. The average molecular weight is 677 g/mol. The predicted octanol–water partition coefficient (Wildman–Crippen LogP) is 14.7. The van der Waals surface area contributed by atoms with Gasteiger partial charge in [0.2, 0.25) is 0 Å². The largest absolute Gasteiger partial charge is 0.463 e. The molecule has 0 aliphatic carbocycles. The number of hydrogen-bond donors (Lipinski definition) is 0. The molecule has 0 radical (unpaired) electrons. The molecule has 3 heterocycles. The van der Waals surface area contributed by atoms with E-state index in [0.29, 0.717) is 0 Å². The van der Waals surface area contributed by atoms with Gasteiger partial charge in [-0.2, -0.15) is 0 Å². The van der Waals surface area contributed by atoms with Crippen LogP contribution in [-0.2, 0) is 0 Å². The van der Waals surface area contributed by atoms with E-state index in [1.807, 2.05) is 18.4 Å². The summed E-state index contributed by atoms with van der Waals surface area (Å²) in [5.41, 5.74) is 11.0. The first kappa shape index (κ1) is 28.6. The van der Waals surface area contributed by atoms with Crippen molar-refractivity contribution in [2.24, 2.45) is 0 Å². The second-order valence-corrected chi connectivity index (χ2v) is 14.0. The molecule has 12 aromatic rings. The van der Waals surface area contributed by atoms with Crippen LogP contribution < -0.4 is 0 Å². The van der Waals surface area contributed by atoms with E-state index in [-0.39, 0.29) is 0 Å². The molecule has 0 bridgehead atoms. The van der Waals surface area contributed by atoms with Gasteiger partial charge in [-0.05, 0) is 85.4 Å². The van der Waals surface area contributed by atoms with Crippen molar-refractivity contribution in [3.05, 3.63) is 170 Å². The molecule has 0 unspecified atom stereocenters. The van der Waals surface area contributed by atoms with Crippen LogP contribution in [0.4, 0.5) is 0 Å². The molecule has 0 spiro atoms. The summed E-state index contributed by atoms with van der Waals surface area (Å²) in [6.45, 7) is 0. The van der Waals surface area contributed by atoms with E-state index >= 15 is 0 Å². The standard InChI is InChI=1S/C50H28O3/c1-2-11-30-26-31(21-20-29(30)10-1)42-28-51-50-39(42)24-25-44-48(50)41-18-9-17-40(49(41)53-44)47-37-15-5-3-13-35(37)46(36-14-4-6-16-38(36)47)32-22-23-34-33-12-7-8-19-43(33)52-45(34)27-32/h1-28H. The maximum Gasteiger partial charge on any atom is 0.146 e. The molecule has 0 aliphatic rings. The zero-order valence-corrected chi connectivity index (χ0v) is 28.4. The number of furan rings is 3. The van der Waals surface area contributed by atoms with Crippen molar-refractivity contribution in [1.82, 2.24) is 0 Å². The van der Waals surface area contributed by atoms with Crippen LogP contribution in [0.1, 0.15) is 0 Å². The third kappa shape index (κ3) is 4.05. The third-order valence-corrected chi connectivity index (χ3v) is 11.1. The Balaban J connectivity index is 1.10. The second-order valence-electron chi connectivity index (χ2n) is 14.0. The topological polar surface area (TPSA) is 39.4 Å². The number of rotatable bonds is 3. The van der Waals surface area contributed by atoms with Gasteiger partial charge >= 0.3 is 0 Å². The molecular formula is C50H28O3. The first-order valence-corrected chi connectivity index (χ1v) is 18.0. The van der Waals surface area contributed by atoms with Gasteiger partial charge < -0.3 is 13.3 Å². The van der Waals surface area contributed by atoms with Crippen LogP contribution >= 0.6 is 0 Å². The third-order valence-electron chi connectivity index (χ3n) is 11.1. The lowest BCUT2D eigenvalue weighted by Gasteiger charge is -2.17. The molecule has 12 rings (SSSR count). The summed E-state index contributed by atoms with van der Waals surface area (Å²) >= 11 is 0. The Kier molecular flexibility index (Phi) is 5.77. The van der Waals surface area contributed by atoms with E-state index < -0.39 is 0 Å². The van der Waals surface area contributed by atoms with Crippen LogP contribution in [0.25, 0.3) is 121 Å². The summed E-state index contributed by atoms with van der Waals surface area (Å²) in [6.07, 6.45) is 1.89. The molecule has 3 nitrogen and oxygen atoms in total. The van der Waals surface area contributed by atoms with Crippen molar-refractivity contribution in [3.8, 4) is 33.4 Å². The average Bonchev–Trinajstić information content (AvgIpc) is 3.93. The van der Waals surface area contributed by atoms with Crippen LogP contribution in [0, 0.1) is 0 Å². The van der Waals surface area contributed by atoms with E-state index in [4.69, 9.17) is 13.3 Å². The minimum absolute atomic E-state index is 0.809. The van der Waals surface area contributed by atoms with Crippen LogP contribution in [0.2, 0.25) is 0 Å². The molecule has 0 atom stereocenters.